The molecular formula is C16H16O5. The van der Waals surface area contributed by atoms with E-state index in [0.29, 0.717) is 17.9 Å². The number of hydrogen-bond donors (Lipinski definition) is 1. The van der Waals surface area contributed by atoms with Crippen LogP contribution >= 0.6 is 0 Å². The molecule has 1 aliphatic carbocycles. The van der Waals surface area contributed by atoms with Gasteiger partial charge in [0.2, 0.25) is 6.79 Å². The first-order valence-corrected chi connectivity index (χ1v) is 6.98. The van der Waals surface area contributed by atoms with Gasteiger partial charge in [-0.3, -0.25) is 9.59 Å². The van der Waals surface area contributed by atoms with Crippen molar-refractivity contribution in [1.29, 1.82) is 0 Å². The Labute approximate surface area is 122 Å². The number of allylic oxidation sites excluding steroid dienone is 2. The van der Waals surface area contributed by atoms with Gasteiger partial charge in [0.05, 0.1) is 5.57 Å². The summed E-state index contributed by atoms with van der Waals surface area (Å²) in [6, 6.07) is 5.47. The van der Waals surface area contributed by atoms with Gasteiger partial charge in [-0.1, -0.05) is 13.0 Å². The van der Waals surface area contributed by atoms with Gasteiger partial charge in [-0.25, -0.2) is 0 Å². The van der Waals surface area contributed by atoms with Crippen LogP contribution in [0.25, 0.3) is 0 Å². The number of carbonyl (C=O) groups excluding carboxylic acids is 2. The maximum atomic E-state index is 12.1. The quantitative estimate of drug-likeness (QED) is 0.514. The molecule has 1 aromatic rings. The predicted octanol–water partition coefficient (Wildman–Crippen LogP) is 2.65. The molecule has 1 aliphatic heterocycles. The first-order chi connectivity index (χ1) is 10.1. The molecule has 0 aromatic heterocycles. The summed E-state index contributed by atoms with van der Waals surface area (Å²) in [6.07, 6.45) is 0.747. The van der Waals surface area contributed by atoms with Gasteiger partial charge in [0.15, 0.2) is 23.1 Å². The molecule has 5 heteroatoms. The topological polar surface area (TPSA) is 72.8 Å². The third-order valence-corrected chi connectivity index (χ3v) is 3.91. The summed E-state index contributed by atoms with van der Waals surface area (Å²) in [5.41, 5.74) is 0.866. The Morgan fingerprint density at radius 2 is 1.86 bits per heavy atom. The average molecular weight is 288 g/mol. The van der Waals surface area contributed by atoms with E-state index in [1.807, 2.05) is 12.1 Å². The van der Waals surface area contributed by atoms with Crippen LogP contribution in [0.4, 0.5) is 0 Å². The minimum Gasteiger partial charge on any atom is -0.511 e. The number of ketones is 2. The number of benzene rings is 1. The fourth-order valence-electron chi connectivity index (χ4n) is 2.78. The number of fused-ring (bicyclic) bond motifs is 1. The van der Waals surface area contributed by atoms with Crippen molar-refractivity contribution in [2.45, 2.75) is 32.1 Å². The number of Topliss-reactive ketones (excluding diaryl/α,β-unsaturated/α-hetero) is 2. The van der Waals surface area contributed by atoms with Crippen molar-refractivity contribution in [3.05, 3.63) is 35.1 Å². The minimum atomic E-state index is -0.284. The van der Waals surface area contributed by atoms with Crippen molar-refractivity contribution in [2.75, 3.05) is 6.79 Å². The molecular weight excluding hydrogens is 272 g/mol. The van der Waals surface area contributed by atoms with Gasteiger partial charge < -0.3 is 14.6 Å². The zero-order chi connectivity index (χ0) is 15.0. The van der Waals surface area contributed by atoms with E-state index in [9.17, 15) is 14.7 Å². The van der Waals surface area contributed by atoms with Gasteiger partial charge in [0.25, 0.3) is 0 Å². The molecule has 0 spiro atoms. The Morgan fingerprint density at radius 1 is 1.19 bits per heavy atom. The summed E-state index contributed by atoms with van der Waals surface area (Å²) in [7, 11) is 0. The van der Waals surface area contributed by atoms with Gasteiger partial charge in [-0.15, -0.1) is 0 Å². The summed E-state index contributed by atoms with van der Waals surface area (Å²) >= 11 is 0. The zero-order valence-electron chi connectivity index (χ0n) is 11.7. The first-order valence-electron chi connectivity index (χ1n) is 6.98. The summed E-state index contributed by atoms with van der Waals surface area (Å²) in [5, 5.41) is 9.71. The van der Waals surface area contributed by atoms with Crippen molar-refractivity contribution in [3.63, 3.8) is 0 Å². The molecule has 2 aliphatic rings. The van der Waals surface area contributed by atoms with Crippen molar-refractivity contribution in [3.8, 4) is 11.5 Å². The van der Waals surface area contributed by atoms with E-state index in [0.717, 1.165) is 5.56 Å². The fraction of sp³-hybridized carbons (Fsp3) is 0.375. The van der Waals surface area contributed by atoms with Crippen LogP contribution in [0.1, 0.15) is 37.7 Å². The molecule has 0 saturated heterocycles. The molecule has 0 atom stereocenters. The number of aliphatic hydroxyl groups excluding tert-OH is 1. The number of carbonyl (C=O) groups is 2. The smallest absolute Gasteiger partial charge is 0.231 e. The second kappa shape index (κ2) is 5.24. The van der Waals surface area contributed by atoms with Crippen LogP contribution in [0.5, 0.6) is 11.5 Å². The standard InChI is InChI=1S/C16H16O5/c1-2-11(17)16-12(18)5-10(6-13(16)19)9-3-4-14-15(7-9)21-8-20-14/h3-4,7,10,17H,2,5-6,8H2,1H3. The Bertz CT molecular complexity index is 624. The maximum absolute atomic E-state index is 12.1. The molecule has 1 aromatic carbocycles. The van der Waals surface area contributed by atoms with Crippen molar-refractivity contribution >= 4 is 11.6 Å². The highest BCUT2D eigenvalue weighted by Gasteiger charge is 2.34. The molecule has 0 amide bonds. The zero-order valence-corrected chi connectivity index (χ0v) is 11.7. The Kier molecular flexibility index (Phi) is 3.41. The lowest BCUT2D eigenvalue weighted by Crippen LogP contribution is -2.26. The van der Waals surface area contributed by atoms with Gasteiger partial charge in [-0.05, 0) is 23.6 Å². The largest absolute Gasteiger partial charge is 0.511 e. The number of aliphatic hydroxyl groups is 1. The lowest BCUT2D eigenvalue weighted by Gasteiger charge is -2.23. The van der Waals surface area contributed by atoms with Crippen LogP contribution in [0.15, 0.2) is 29.5 Å². The van der Waals surface area contributed by atoms with Crippen molar-refractivity contribution in [2.24, 2.45) is 0 Å². The van der Waals surface area contributed by atoms with Crippen LogP contribution in [-0.2, 0) is 9.59 Å². The summed E-state index contributed by atoms with van der Waals surface area (Å²) in [5.74, 6) is 0.477. The van der Waals surface area contributed by atoms with E-state index >= 15 is 0 Å². The number of rotatable bonds is 2. The number of ether oxygens (including phenoxy) is 2. The normalized spacial score (nSPS) is 20.8. The van der Waals surface area contributed by atoms with Crippen molar-refractivity contribution in [1.82, 2.24) is 0 Å². The molecule has 1 N–H and O–H groups in total. The van der Waals surface area contributed by atoms with E-state index < -0.39 is 0 Å². The average Bonchev–Trinajstić information content (AvgIpc) is 2.93. The molecule has 21 heavy (non-hydrogen) atoms. The third kappa shape index (κ3) is 2.39. The second-order valence-corrected chi connectivity index (χ2v) is 5.24. The van der Waals surface area contributed by atoms with Crippen molar-refractivity contribution < 1.29 is 24.2 Å². The Hall–Kier alpha value is -2.30. The molecule has 0 bridgehead atoms. The van der Waals surface area contributed by atoms with Crippen LogP contribution in [0.2, 0.25) is 0 Å². The SMILES string of the molecule is CCC(O)=C1C(=O)CC(c2ccc3c(c2)OCO3)CC1=O. The monoisotopic (exact) mass is 288 g/mol. The van der Waals surface area contributed by atoms with Crippen LogP contribution in [0.3, 0.4) is 0 Å². The summed E-state index contributed by atoms with van der Waals surface area (Å²) in [4.78, 5) is 24.3. The van der Waals surface area contributed by atoms with Gasteiger partial charge in [0, 0.05) is 19.3 Å². The number of hydrogen-bond acceptors (Lipinski definition) is 5. The highest BCUT2D eigenvalue weighted by atomic mass is 16.7. The molecule has 110 valence electrons. The molecule has 0 unspecified atom stereocenters. The van der Waals surface area contributed by atoms with Gasteiger partial charge in [0.1, 0.15) is 5.76 Å². The predicted molar refractivity (Wildman–Crippen MR) is 74.5 cm³/mol. The molecule has 1 fully saturated rings. The third-order valence-electron chi connectivity index (χ3n) is 3.91. The van der Waals surface area contributed by atoms with E-state index in [-0.39, 0.29) is 48.5 Å². The van der Waals surface area contributed by atoms with Crippen LogP contribution in [-0.4, -0.2) is 23.5 Å². The molecule has 1 saturated carbocycles. The molecule has 5 nitrogen and oxygen atoms in total. The lowest BCUT2D eigenvalue weighted by molar-refractivity contribution is -0.124. The Balaban J connectivity index is 1.87. The van der Waals surface area contributed by atoms with E-state index in [4.69, 9.17) is 9.47 Å². The van der Waals surface area contributed by atoms with Gasteiger partial charge >= 0.3 is 0 Å². The van der Waals surface area contributed by atoms with Gasteiger partial charge in [-0.2, -0.15) is 0 Å². The summed E-state index contributed by atoms with van der Waals surface area (Å²) < 4.78 is 10.6. The molecule has 1 heterocycles. The highest BCUT2D eigenvalue weighted by molar-refractivity contribution is 6.22. The van der Waals surface area contributed by atoms with Crippen LogP contribution < -0.4 is 9.47 Å². The Morgan fingerprint density at radius 3 is 2.52 bits per heavy atom. The maximum Gasteiger partial charge on any atom is 0.231 e. The summed E-state index contributed by atoms with van der Waals surface area (Å²) in [6.45, 7) is 1.91. The van der Waals surface area contributed by atoms with Crippen LogP contribution in [0, 0.1) is 0 Å². The van der Waals surface area contributed by atoms with E-state index in [2.05, 4.69) is 0 Å². The lowest BCUT2D eigenvalue weighted by atomic mass is 9.79. The second-order valence-electron chi connectivity index (χ2n) is 5.24. The minimum absolute atomic E-state index is 0.0190. The highest BCUT2D eigenvalue weighted by Crippen LogP contribution is 2.38. The van der Waals surface area contributed by atoms with E-state index in [1.54, 1.807) is 13.0 Å². The molecule has 0 radical (unpaired) electrons. The molecule has 3 rings (SSSR count). The first kappa shape index (κ1) is 13.7. The van der Waals surface area contributed by atoms with E-state index in [1.165, 1.54) is 0 Å². The fourth-order valence-corrected chi connectivity index (χ4v) is 2.78.